The summed E-state index contributed by atoms with van der Waals surface area (Å²) in [4.78, 5) is 10.1. The molecule has 0 fully saturated rings. The van der Waals surface area contributed by atoms with E-state index in [2.05, 4.69) is 4.74 Å². The Morgan fingerprint density at radius 3 is 2.67 bits per heavy atom. The van der Waals surface area contributed by atoms with Crippen LogP contribution in [-0.2, 0) is 14.3 Å². The quantitative estimate of drug-likeness (QED) is 0.423. The molecule has 0 aromatic rings. The lowest BCUT2D eigenvalue weighted by Gasteiger charge is -1.91. The summed E-state index contributed by atoms with van der Waals surface area (Å²) in [6.07, 6.45) is 2.55. The van der Waals surface area contributed by atoms with Crippen molar-refractivity contribution in [2.75, 3.05) is 6.61 Å². The van der Waals surface area contributed by atoms with Gasteiger partial charge >= 0.3 is 5.97 Å². The van der Waals surface area contributed by atoms with Crippen LogP contribution in [0.5, 0.6) is 0 Å². The SMILES string of the molecule is CCO/C=C/OC(C)=O. The fourth-order valence-electron chi connectivity index (χ4n) is 0.259. The molecule has 0 N–H and O–H groups in total. The van der Waals surface area contributed by atoms with E-state index in [1.165, 1.54) is 19.4 Å². The van der Waals surface area contributed by atoms with Gasteiger partial charge in [0.25, 0.3) is 0 Å². The van der Waals surface area contributed by atoms with E-state index >= 15 is 0 Å². The van der Waals surface area contributed by atoms with Crippen LogP contribution in [0.15, 0.2) is 12.5 Å². The second-order valence-corrected chi connectivity index (χ2v) is 1.34. The van der Waals surface area contributed by atoms with Crippen LogP contribution in [0.25, 0.3) is 0 Å². The van der Waals surface area contributed by atoms with E-state index in [1.54, 1.807) is 0 Å². The van der Waals surface area contributed by atoms with Gasteiger partial charge in [-0.3, -0.25) is 4.79 Å². The third-order valence-electron chi connectivity index (χ3n) is 0.552. The van der Waals surface area contributed by atoms with E-state index in [9.17, 15) is 4.79 Å². The molecule has 9 heavy (non-hydrogen) atoms. The molecule has 0 saturated heterocycles. The van der Waals surface area contributed by atoms with Crippen LogP contribution < -0.4 is 0 Å². The molecule has 0 amide bonds. The van der Waals surface area contributed by atoms with Crippen LogP contribution >= 0.6 is 0 Å². The van der Waals surface area contributed by atoms with Crippen LogP contribution in [0.2, 0.25) is 0 Å². The van der Waals surface area contributed by atoms with Gasteiger partial charge in [-0.25, -0.2) is 0 Å². The Morgan fingerprint density at radius 2 is 2.22 bits per heavy atom. The van der Waals surface area contributed by atoms with Crippen molar-refractivity contribution in [1.29, 1.82) is 0 Å². The average Bonchev–Trinajstić information content (AvgIpc) is 1.80. The Kier molecular flexibility index (Phi) is 4.59. The summed E-state index contributed by atoms with van der Waals surface area (Å²) in [6.45, 7) is 3.76. The van der Waals surface area contributed by atoms with Crippen molar-refractivity contribution in [2.24, 2.45) is 0 Å². The Morgan fingerprint density at radius 1 is 1.56 bits per heavy atom. The second-order valence-electron chi connectivity index (χ2n) is 1.34. The summed E-state index contributed by atoms with van der Waals surface area (Å²) in [5.41, 5.74) is 0. The number of rotatable bonds is 3. The van der Waals surface area contributed by atoms with Crippen LogP contribution in [0.3, 0.4) is 0 Å². The van der Waals surface area contributed by atoms with E-state index in [-0.39, 0.29) is 5.97 Å². The molecule has 0 radical (unpaired) electrons. The summed E-state index contributed by atoms with van der Waals surface area (Å²) >= 11 is 0. The molecule has 0 heterocycles. The fourth-order valence-corrected chi connectivity index (χ4v) is 0.259. The third kappa shape index (κ3) is 7.01. The van der Waals surface area contributed by atoms with Crippen molar-refractivity contribution in [1.82, 2.24) is 0 Å². The number of carbonyl (C=O) groups excluding carboxylic acids is 1. The molecule has 0 unspecified atom stereocenters. The Hall–Kier alpha value is -0.990. The first kappa shape index (κ1) is 8.01. The normalized spacial score (nSPS) is 9.56. The van der Waals surface area contributed by atoms with Crippen molar-refractivity contribution in [3.63, 3.8) is 0 Å². The molecule has 0 spiro atoms. The molecule has 0 bridgehead atoms. The number of carbonyl (C=O) groups is 1. The van der Waals surface area contributed by atoms with Crippen LogP contribution in [0, 0.1) is 0 Å². The first-order chi connectivity index (χ1) is 4.27. The predicted octanol–water partition coefficient (Wildman–Crippen LogP) is 1.06. The van der Waals surface area contributed by atoms with Crippen molar-refractivity contribution in [3.05, 3.63) is 12.5 Å². The highest BCUT2D eigenvalue weighted by Gasteiger charge is 1.82. The van der Waals surface area contributed by atoms with Crippen LogP contribution in [-0.4, -0.2) is 12.6 Å². The minimum absolute atomic E-state index is 0.342. The van der Waals surface area contributed by atoms with Crippen molar-refractivity contribution >= 4 is 5.97 Å². The standard InChI is InChI=1S/C6H10O3/c1-3-8-4-5-9-6(2)7/h4-5H,3H2,1-2H3/b5-4+. The van der Waals surface area contributed by atoms with E-state index in [1.807, 2.05) is 6.92 Å². The molecule has 0 atom stereocenters. The summed E-state index contributed by atoms with van der Waals surface area (Å²) in [6, 6.07) is 0. The molecule has 52 valence electrons. The minimum Gasteiger partial charge on any atom is -0.498 e. The molecule has 0 aromatic carbocycles. The molecule has 0 saturated carbocycles. The van der Waals surface area contributed by atoms with Crippen molar-refractivity contribution < 1.29 is 14.3 Å². The maximum atomic E-state index is 10.1. The van der Waals surface area contributed by atoms with Crippen molar-refractivity contribution in [3.8, 4) is 0 Å². The largest absolute Gasteiger partial charge is 0.498 e. The Bertz CT molecular complexity index is 107. The predicted molar refractivity (Wildman–Crippen MR) is 32.5 cm³/mol. The average molecular weight is 130 g/mol. The zero-order chi connectivity index (χ0) is 7.11. The smallest absolute Gasteiger partial charge is 0.307 e. The van der Waals surface area contributed by atoms with Gasteiger partial charge in [-0.1, -0.05) is 0 Å². The zero-order valence-corrected chi connectivity index (χ0v) is 5.59. The zero-order valence-electron chi connectivity index (χ0n) is 5.59. The van der Waals surface area contributed by atoms with Gasteiger partial charge in [0.1, 0.15) is 12.5 Å². The highest BCUT2D eigenvalue weighted by molar-refractivity contribution is 5.66. The van der Waals surface area contributed by atoms with Gasteiger partial charge in [-0.15, -0.1) is 0 Å². The first-order valence-corrected chi connectivity index (χ1v) is 2.71. The maximum Gasteiger partial charge on any atom is 0.307 e. The summed E-state index contributed by atoms with van der Waals surface area (Å²) in [7, 11) is 0. The third-order valence-corrected chi connectivity index (χ3v) is 0.552. The highest BCUT2D eigenvalue weighted by Crippen LogP contribution is 1.80. The van der Waals surface area contributed by atoms with E-state index in [4.69, 9.17) is 4.74 Å². The fraction of sp³-hybridized carbons (Fsp3) is 0.500. The van der Waals surface area contributed by atoms with Gasteiger partial charge in [0, 0.05) is 6.92 Å². The van der Waals surface area contributed by atoms with E-state index in [0.717, 1.165) is 0 Å². The lowest BCUT2D eigenvalue weighted by Crippen LogP contribution is -1.89. The van der Waals surface area contributed by atoms with Gasteiger partial charge in [0.15, 0.2) is 0 Å². The lowest BCUT2D eigenvalue weighted by molar-refractivity contribution is -0.135. The molecule has 0 rings (SSSR count). The van der Waals surface area contributed by atoms with Gasteiger partial charge < -0.3 is 9.47 Å². The number of hydrogen-bond acceptors (Lipinski definition) is 3. The van der Waals surface area contributed by atoms with Gasteiger partial charge in [-0.2, -0.15) is 0 Å². The number of hydrogen-bond donors (Lipinski definition) is 0. The first-order valence-electron chi connectivity index (χ1n) is 2.71. The molecular formula is C6H10O3. The number of ether oxygens (including phenoxy) is 2. The van der Waals surface area contributed by atoms with Gasteiger partial charge in [0.05, 0.1) is 6.61 Å². The molecular weight excluding hydrogens is 120 g/mol. The van der Waals surface area contributed by atoms with Gasteiger partial charge in [0.2, 0.25) is 0 Å². The lowest BCUT2D eigenvalue weighted by atomic mass is 10.8. The highest BCUT2D eigenvalue weighted by atomic mass is 16.5. The summed E-state index contributed by atoms with van der Waals surface area (Å²) in [5.74, 6) is -0.342. The van der Waals surface area contributed by atoms with Crippen LogP contribution in [0.4, 0.5) is 0 Å². The monoisotopic (exact) mass is 130 g/mol. The molecule has 3 heteroatoms. The van der Waals surface area contributed by atoms with E-state index in [0.29, 0.717) is 6.61 Å². The van der Waals surface area contributed by atoms with Gasteiger partial charge in [-0.05, 0) is 6.92 Å². The topological polar surface area (TPSA) is 35.5 Å². The van der Waals surface area contributed by atoms with E-state index < -0.39 is 0 Å². The van der Waals surface area contributed by atoms with Crippen LogP contribution in [0.1, 0.15) is 13.8 Å². The van der Waals surface area contributed by atoms with Crippen molar-refractivity contribution in [2.45, 2.75) is 13.8 Å². The Balaban J connectivity index is 3.14. The minimum atomic E-state index is -0.342. The maximum absolute atomic E-state index is 10.1. The molecule has 0 aliphatic rings. The Labute approximate surface area is 54.3 Å². The molecule has 0 aliphatic carbocycles. The molecule has 3 nitrogen and oxygen atoms in total. The molecule has 0 aromatic heterocycles. The second kappa shape index (κ2) is 5.15. The number of esters is 1. The molecule has 0 aliphatic heterocycles. The summed E-state index contributed by atoms with van der Waals surface area (Å²) in [5, 5.41) is 0. The summed E-state index contributed by atoms with van der Waals surface area (Å²) < 4.78 is 9.13.